The lowest BCUT2D eigenvalue weighted by molar-refractivity contribution is -0.138. The first-order chi connectivity index (χ1) is 8.49. The first-order valence-corrected chi connectivity index (χ1v) is 5.97. The molecular weight excluding hydrogens is 230 g/mol. The second-order valence-corrected chi connectivity index (χ2v) is 4.71. The zero-order valence-electron chi connectivity index (χ0n) is 11.3. The van der Waals surface area contributed by atoms with Crippen LogP contribution in [0.5, 0.6) is 0 Å². The zero-order valence-corrected chi connectivity index (χ0v) is 11.3. The maximum absolute atomic E-state index is 10.9. The van der Waals surface area contributed by atoms with Crippen LogP contribution in [-0.4, -0.2) is 59.6 Å². The van der Waals surface area contributed by atoms with E-state index in [4.69, 9.17) is 5.11 Å². The van der Waals surface area contributed by atoms with Crippen molar-refractivity contribution in [2.24, 2.45) is 0 Å². The van der Waals surface area contributed by atoms with Crippen molar-refractivity contribution in [1.29, 1.82) is 0 Å². The van der Waals surface area contributed by atoms with Gasteiger partial charge in [0, 0.05) is 32.0 Å². The summed E-state index contributed by atoms with van der Waals surface area (Å²) in [6, 6.07) is 1.94. The molecule has 5 heteroatoms. The summed E-state index contributed by atoms with van der Waals surface area (Å²) in [6.45, 7) is 4.27. The van der Waals surface area contributed by atoms with E-state index in [9.17, 15) is 4.79 Å². The molecule has 0 unspecified atom stereocenters. The van der Waals surface area contributed by atoms with Crippen molar-refractivity contribution in [3.05, 3.63) is 29.6 Å². The van der Waals surface area contributed by atoms with Gasteiger partial charge >= 0.3 is 5.97 Å². The number of likely N-dealkylation sites (N-methyl/N-ethyl adjacent to an activating group) is 1. The summed E-state index contributed by atoms with van der Waals surface area (Å²) in [5.41, 5.74) is 2.22. The van der Waals surface area contributed by atoms with E-state index in [1.54, 1.807) is 12.4 Å². The van der Waals surface area contributed by atoms with Crippen molar-refractivity contribution in [3.8, 4) is 0 Å². The standard InChI is InChI=1S/C13H21N3O2/c1-11-4-5-14-8-12(11)9-16(10-13(17)18)7-6-15(2)3/h4-5,8H,6-7,9-10H2,1-3H3,(H,17,18). The van der Waals surface area contributed by atoms with E-state index in [1.807, 2.05) is 36.9 Å². The number of nitrogens with zero attached hydrogens (tertiary/aromatic N) is 3. The Balaban J connectivity index is 2.65. The third-order valence-electron chi connectivity index (χ3n) is 2.76. The van der Waals surface area contributed by atoms with Gasteiger partial charge in [0.05, 0.1) is 6.54 Å². The van der Waals surface area contributed by atoms with Gasteiger partial charge < -0.3 is 10.0 Å². The molecule has 0 saturated carbocycles. The molecule has 1 heterocycles. The maximum atomic E-state index is 10.9. The van der Waals surface area contributed by atoms with E-state index in [0.717, 1.165) is 24.2 Å². The molecule has 0 radical (unpaired) electrons. The number of carboxylic acids is 1. The Morgan fingerprint density at radius 1 is 1.39 bits per heavy atom. The normalized spacial score (nSPS) is 11.2. The molecule has 0 fully saturated rings. The van der Waals surface area contributed by atoms with Gasteiger partial charge in [-0.3, -0.25) is 14.7 Å². The molecule has 0 atom stereocenters. The molecule has 1 aromatic heterocycles. The molecule has 0 aromatic carbocycles. The molecule has 0 amide bonds. The van der Waals surface area contributed by atoms with Gasteiger partial charge in [-0.1, -0.05) is 0 Å². The van der Waals surface area contributed by atoms with Crippen LogP contribution < -0.4 is 0 Å². The number of carbonyl (C=O) groups is 1. The molecule has 0 aliphatic rings. The fraction of sp³-hybridized carbons (Fsp3) is 0.538. The smallest absolute Gasteiger partial charge is 0.317 e. The number of aryl methyl sites for hydroxylation is 1. The Morgan fingerprint density at radius 2 is 2.11 bits per heavy atom. The van der Waals surface area contributed by atoms with E-state index in [1.165, 1.54) is 0 Å². The maximum Gasteiger partial charge on any atom is 0.317 e. The van der Waals surface area contributed by atoms with E-state index in [0.29, 0.717) is 6.54 Å². The fourth-order valence-electron chi connectivity index (χ4n) is 1.65. The van der Waals surface area contributed by atoms with Gasteiger partial charge in [0.1, 0.15) is 0 Å². The predicted octanol–water partition coefficient (Wildman–Crippen LogP) is 0.838. The summed E-state index contributed by atoms with van der Waals surface area (Å²) in [5.74, 6) is -0.796. The monoisotopic (exact) mass is 251 g/mol. The van der Waals surface area contributed by atoms with Crippen LogP contribution in [0.4, 0.5) is 0 Å². The number of hydrogen-bond donors (Lipinski definition) is 1. The van der Waals surface area contributed by atoms with Gasteiger partial charge in [0.25, 0.3) is 0 Å². The van der Waals surface area contributed by atoms with Crippen molar-refractivity contribution in [2.75, 3.05) is 33.7 Å². The largest absolute Gasteiger partial charge is 0.480 e. The number of pyridine rings is 1. The Bertz CT molecular complexity index is 394. The molecule has 100 valence electrons. The second kappa shape index (κ2) is 7.08. The molecule has 0 bridgehead atoms. The van der Waals surface area contributed by atoms with Gasteiger partial charge in [-0.25, -0.2) is 0 Å². The van der Waals surface area contributed by atoms with Crippen molar-refractivity contribution in [1.82, 2.24) is 14.8 Å². The summed E-state index contributed by atoms with van der Waals surface area (Å²) in [6.07, 6.45) is 3.56. The van der Waals surface area contributed by atoms with Gasteiger partial charge in [-0.05, 0) is 38.2 Å². The first kappa shape index (κ1) is 14.6. The number of rotatable bonds is 7. The molecule has 1 N–H and O–H groups in total. The predicted molar refractivity (Wildman–Crippen MR) is 70.4 cm³/mol. The van der Waals surface area contributed by atoms with Crippen molar-refractivity contribution in [2.45, 2.75) is 13.5 Å². The summed E-state index contributed by atoms with van der Waals surface area (Å²) in [5, 5.41) is 8.93. The lowest BCUT2D eigenvalue weighted by atomic mass is 10.1. The topological polar surface area (TPSA) is 56.7 Å². The summed E-state index contributed by atoms with van der Waals surface area (Å²) in [7, 11) is 3.96. The van der Waals surface area contributed by atoms with E-state index >= 15 is 0 Å². The van der Waals surface area contributed by atoms with Gasteiger partial charge in [-0.15, -0.1) is 0 Å². The van der Waals surface area contributed by atoms with E-state index in [2.05, 4.69) is 4.98 Å². The molecule has 0 saturated heterocycles. The minimum Gasteiger partial charge on any atom is -0.480 e. The Hall–Kier alpha value is -1.46. The van der Waals surface area contributed by atoms with Crippen LogP contribution in [0.3, 0.4) is 0 Å². The van der Waals surface area contributed by atoms with Crippen molar-refractivity contribution in [3.63, 3.8) is 0 Å². The molecule has 0 aliphatic heterocycles. The molecule has 0 aliphatic carbocycles. The Morgan fingerprint density at radius 3 is 2.67 bits per heavy atom. The van der Waals surface area contributed by atoms with E-state index < -0.39 is 5.97 Å². The summed E-state index contributed by atoms with van der Waals surface area (Å²) < 4.78 is 0. The molecule has 5 nitrogen and oxygen atoms in total. The SMILES string of the molecule is Cc1ccncc1CN(CCN(C)C)CC(=O)O. The van der Waals surface area contributed by atoms with Crippen LogP contribution in [0.1, 0.15) is 11.1 Å². The molecule has 0 spiro atoms. The van der Waals surface area contributed by atoms with Crippen LogP contribution in [0.15, 0.2) is 18.5 Å². The lowest BCUT2D eigenvalue weighted by Gasteiger charge is -2.22. The van der Waals surface area contributed by atoms with Crippen molar-refractivity contribution >= 4 is 5.97 Å². The molecule has 1 rings (SSSR count). The first-order valence-electron chi connectivity index (χ1n) is 5.97. The van der Waals surface area contributed by atoms with Crippen LogP contribution in [0.2, 0.25) is 0 Å². The highest BCUT2D eigenvalue weighted by atomic mass is 16.4. The minimum atomic E-state index is -0.796. The fourth-order valence-corrected chi connectivity index (χ4v) is 1.65. The second-order valence-electron chi connectivity index (χ2n) is 4.71. The average Bonchev–Trinajstić information content (AvgIpc) is 2.28. The molecular formula is C13H21N3O2. The quantitative estimate of drug-likeness (QED) is 0.778. The van der Waals surface area contributed by atoms with Crippen LogP contribution in [-0.2, 0) is 11.3 Å². The number of aliphatic carboxylic acids is 1. The highest BCUT2D eigenvalue weighted by molar-refractivity contribution is 5.69. The third kappa shape index (κ3) is 5.25. The zero-order chi connectivity index (χ0) is 13.5. The third-order valence-corrected chi connectivity index (χ3v) is 2.76. The van der Waals surface area contributed by atoms with Gasteiger partial charge in [0.15, 0.2) is 0 Å². The highest BCUT2D eigenvalue weighted by Crippen LogP contribution is 2.08. The van der Waals surface area contributed by atoms with E-state index in [-0.39, 0.29) is 6.54 Å². The average molecular weight is 251 g/mol. The van der Waals surface area contributed by atoms with Crippen LogP contribution >= 0.6 is 0 Å². The van der Waals surface area contributed by atoms with Crippen molar-refractivity contribution < 1.29 is 9.90 Å². The van der Waals surface area contributed by atoms with Gasteiger partial charge in [-0.2, -0.15) is 0 Å². The summed E-state index contributed by atoms with van der Waals surface area (Å²) >= 11 is 0. The Labute approximate surface area is 108 Å². The number of carboxylic acid groups (broad SMARTS) is 1. The van der Waals surface area contributed by atoms with Crippen LogP contribution in [0, 0.1) is 6.92 Å². The molecule has 1 aromatic rings. The highest BCUT2D eigenvalue weighted by Gasteiger charge is 2.11. The summed E-state index contributed by atoms with van der Waals surface area (Å²) in [4.78, 5) is 18.9. The molecule has 18 heavy (non-hydrogen) atoms. The number of aromatic nitrogens is 1. The van der Waals surface area contributed by atoms with Crippen LogP contribution in [0.25, 0.3) is 0 Å². The number of hydrogen-bond acceptors (Lipinski definition) is 4. The van der Waals surface area contributed by atoms with Gasteiger partial charge in [0.2, 0.25) is 0 Å². The minimum absolute atomic E-state index is 0.0577. The Kier molecular flexibility index (Phi) is 5.74. The lowest BCUT2D eigenvalue weighted by Crippen LogP contribution is -2.35.